The van der Waals surface area contributed by atoms with Gasteiger partial charge in [0.15, 0.2) is 0 Å². The Morgan fingerprint density at radius 3 is 2.78 bits per heavy atom. The predicted molar refractivity (Wildman–Crippen MR) is 68.9 cm³/mol. The van der Waals surface area contributed by atoms with Gasteiger partial charge in [0.05, 0.1) is 12.7 Å². The molecule has 0 atom stereocenters. The smallest absolute Gasteiger partial charge is 0.241 e. The molecule has 18 heavy (non-hydrogen) atoms. The molecule has 0 saturated heterocycles. The molecule has 0 aliphatic heterocycles. The number of furan rings is 1. The number of nitrogens with two attached hydrogens (primary N) is 1. The summed E-state index contributed by atoms with van der Waals surface area (Å²) in [5.41, 5.74) is 5.88. The second-order valence-corrected chi connectivity index (χ2v) is 3.64. The molecule has 4 heteroatoms. The first-order chi connectivity index (χ1) is 8.70. The molecule has 0 saturated carbocycles. The van der Waals surface area contributed by atoms with E-state index in [4.69, 9.17) is 14.9 Å². The lowest BCUT2D eigenvalue weighted by Gasteiger charge is -2.04. The number of methoxy groups -OCH3 is 1. The maximum Gasteiger partial charge on any atom is 0.241 e. The van der Waals surface area contributed by atoms with Gasteiger partial charge in [-0.25, -0.2) is 0 Å². The third-order valence-corrected chi connectivity index (χ3v) is 2.41. The predicted octanol–water partition coefficient (Wildman–Crippen LogP) is 2.45. The Hall–Kier alpha value is -2.49. The molecule has 0 fully saturated rings. The van der Waals surface area contributed by atoms with Crippen molar-refractivity contribution in [3.05, 3.63) is 48.2 Å². The molecule has 2 aromatic rings. The molecular weight excluding hydrogens is 230 g/mol. The Bertz CT molecular complexity index is 584. The van der Waals surface area contributed by atoms with Crippen LogP contribution in [0.25, 0.3) is 17.4 Å². The van der Waals surface area contributed by atoms with E-state index in [0.717, 1.165) is 11.3 Å². The summed E-state index contributed by atoms with van der Waals surface area (Å²) >= 11 is 0. The summed E-state index contributed by atoms with van der Waals surface area (Å²) in [6, 6.07) is 11.1. The molecular formula is C14H13NO3. The minimum atomic E-state index is -0.509. The fourth-order valence-corrected chi connectivity index (χ4v) is 1.60. The highest BCUT2D eigenvalue weighted by atomic mass is 16.5. The molecule has 1 heterocycles. The highest BCUT2D eigenvalue weighted by Gasteiger charge is 2.08. The number of carbonyl (C=O) groups excluding carboxylic acids is 1. The SMILES string of the molecule is COc1ccccc1-c1ccc(/C=C\C(N)=O)o1. The first-order valence-corrected chi connectivity index (χ1v) is 5.41. The van der Waals surface area contributed by atoms with Crippen LogP contribution in [0.3, 0.4) is 0 Å². The number of benzene rings is 1. The molecule has 1 aromatic carbocycles. The van der Waals surface area contributed by atoms with Gasteiger partial charge >= 0.3 is 0 Å². The molecule has 0 radical (unpaired) electrons. The molecule has 92 valence electrons. The van der Waals surface area contributed by atoms with Crippen molar-refractivity contribution < 1.29 is 13.9 Å². The molecule has 0 bridgehead atoms. The second kappa shape index (κ2) is 5.23. The Kier molecular flexibility index (Phi) is 3.48. The van der Waals surface area contributed by atoms with Crippen LogP contribution in [0.5, 0.6) is 5.75 Å². The minimum Gasteiger partial charge on any atom is -0.496 e. The summed E-state index contributed by atoms with van der Waals surface area (Å²) < 4.78 is 10.8. The highest BCUT2D eigenvalue weighted by Crippen LogP contribution is 2.31. The van der Waals surface area contributed by atoms with Crippen LogP contribution < -0.4 is 10.5 Å². The molecule has 0 aliphatic rings. The van der Waals surface area contributed by atoms with E-state index in [1.807, 2.05) is 30.3 Å². The number of hydrogen-bond donors (Lipinski definition) is 1. The van der Waals surface area contributed by atoms with Crippen molar-refractivity contribution in [3.8, 4) is 17.1 Å². The van der Waals surface area contributed by atoms with Crippen LogP contribution in [0.2, 0.25) is 0 Å². The van der Waals surface area contributed by atoms with Crippen LogP contribution in [0, 0.1) is 0 Å². The number of ether oxygens (including phenoxy) is 1. The Morgan fingerprint density at radius 2 is 2.06 bits per heavy atom. The molecule has 0 aliphatic carbocycles. The van der Waals surface area contributed by atoms with Crippen molar-refractivity contribution in [1.29, 1.82) is 0 Å². The molecule has 0 spiro atoms. The number of primary amides is 1. The average Bonchev–Trinajstić information content (AvgIpc) is 2.85. The van der Waals surface area contributed by atoms with E-state index in [-0.39, 0.29) is 0 Å². The van der Waals surface area contributed by atoms with Gasteiger partial charge in [-0.05, 0) is 30.3 Å². The summed E-state index contributed by atoms with van der Waals surface area (Å²) in [4.78, 5) is 10.6. The van der Waals surface area contributed by atoms with Crippen LogP contribution >= 0.6 is 0 Å². The van der Waals surface area contributed by atoms with Gasteiger partial charge in [-0.3, -0.25) is 4.79 Å². The Labute approximate surface area is 105 Å². The zero-order valence-electron chi connectivity index (χ0n) is 9.92. The standard InChI is InChI=1S/C14H13NO3/c1-17-12-5-3-2-4-11(12)13-8-6-10(18-13)7-9-14(15)16/h2-9H,1H3,(H2,15,16)/b9-7-. The maximum absolute atomic E-state index is 10.6. The molecule has 2 rings (SSSR count). The van der Waals surface area contributed by atoms with Crippen LogP contribution in [-0.2, 0) is 4.79 Å². The average molecular weight is 243 g/mol. The summed E-state index contributed by atoms with van der Waals surface area (Å²) in [5, 5.41) is 0. The first kappa shape index (κ1) is 12.0. The fraction of sp³-hybridized carbons (Fsp3) is 0.0714. The van der Waals surface area contributed by atoms with Gasteiger partial charge in [-0.2, -0.15) is 0 Å². The van der Waals surface area contributed by atoms with Crippen LogP contribution in [0.15, 0.2) is 46.9 Å². The van der Waals surface area contributed by atoms with Gasteiger partial charge in [0.1, 0.15) is 17.3 Å². The zero-order chi connectivity index (χ0) is 13.0. The number of rotatable bonds is 4. The van der Waals surface area contributed by atoms with Crippen molar-refractivity contribution in [1.82, 2.24) is 0 Å². The van der Waals surface area contributed by atoms with Crippen molar-refractivity contribution in [2.75, 3.05) is 7.11 Å². The van der Waals surface area contributed by atoms with E-state index in [1.54, 1.807) is 13.2 Å². The fourth-order valence-electron chi connectivity index (χ4n) is 1.60. The summed E-state index contributed by atoms with van der Waals surface area (Å²) in [7, 11) is 1.61. The van der Waals surface area contributed by atoms with Crippen molar-refractivity contribution >= 4 is 12.0 Å². The van der Waals surface area contributed by atoms with E-state index in [9.17, 15) is 4.79 Å². The molecule has 2 N–H and O–H groups in total. The second-order valence-electron chi connectivity index (χ2n) is 3.64. The lowest BCUT2D eigenvalue weighted by molar-refractivity contribution is -0.113. The molecule has 0 unspecified atom stereocenters. The lowest BCUT2D eigenvalue weighted by atomic mass is 10.1. The zero-order valence-corrected chi connectivity index (χ0v) is 9.92. The van der Waals surface area contributed by atoms with E-state index in [2.05, 4.69) is 0 Å². The lowest BCUT2D eigenvalue weighted by Crippen LogP contribution is -2.04. The van der Waals surface area contributed by atoms with E-state index >= 15 is 0 Å². The monoisotopic (exact) mass is 243 g/mol. The summed E-state index contributed by atoms with van der Waals surface area (Å²) in [6.07, 6.45) is 2.78. The topological polar surface area (TPSA) is 65.5 Å². The largest absolute Gasteiger partial charge is 0.496 e. The Balaban J connectivity index is 2.32. The normalized spacial score (nSPS) is 10.7. The summed E-state index contributed by atoms with van der Waals surface area (Å²) in [6.45, 7) is 0. The molecule has 4 nitrogen and oxygen atoms in total. The van der Waals surface area contributed by atoms with Crippen LogP contribution in [-0.4, -0.2) is 13.0 Å². The number of amides is 1. The van der Waals surface area contributed by atoms with E-state index in [0.29, 0.717) is 11.5 Å². The van der Waals surface area contributed by atoms with Gasteiger partial charge < -0.3 is 14.9 Å². The minimum absolute atomic E-state index is 0.509. The van der Waals surface area contributed by atoms with Crippen molar-refractivity contribution in [3.63, 3.8) is 0 Å². The van der Waals surface area contributed by atoms with Crippen LogP contribution in [0.4, 0.5) is 0 Å². The molecule has 1 amide bonds. The van der Waals surface area contributed by atoms with Gasteiger partial charge in [0.2, 0.25) is 5.91 Å². The van der Waals surface area contributed by atoms with Gasteiger partial charge in [-0.15, -0.1) is 0 Å². The van der Waals surface area contributed by atoms with Crippen LogP contribution in [0.1, 0.15) is 5.76 Å². The first-order valence-electron chi connectivity index (χ1n) is 5.41. The third-order valence-electron chi connectivity index (χ3n) is 2.41. The quantitative estimate of drug-likeness (QED) is 0.839. The van der Waals surface area contributed by atoms with Gasteiger partial charge in [-0.1, -0.05) is 12.1 Å². The van der Waals surface area contributed by atoms with E-state index in [1.165, 1.54) is 12.2 Å². The number of hydrogen-bond acceptors (Lipinski definition) is 3. The van der Waals surface area contributed by atoms with E-state index < -0.39 is 5.91 Å². The number of carbonyl (C=O) groups is 1. The van der Waals surface area contributed by atoms with Gasteiger partial charge in [0.25, 0.3) is 0 Å². The number of para-hydroxylation sites is 1. The maximum atomic E-state index is 10.6. The van der Waals surface area contributed by atoms with Crippen molar-refractivity contribution in [2.45, 2.75) is 0 Å². The Morgan fingerprint density at radius 1 is 1.28 bits per heavy atom. The van der Waals surface area contributed by atoms with Gasteiger partial charge in [0, 0.05) is 6.08 Å². The summed E-state index contributed by atoms with van der Waals surface area (Å²) in [5.74, 6) is 1.47. The third kappa shape index (κ3) is 2.60. The van der Waals surface area contributed by atoms with Crippen molar-refractivity contribution in [2.24, 2.45) is 5.73 Å². The molecule has 1 aromatic heterocycles. The highest BCUT2D eigenvalue weighted by molar-refractivity contribution is 5.89.